The Morgan fingerprint density at radius 2 is 1.74 bits per heavy atom. The first-order chi connectivity index (χ1) is 14.7. The number of alkyl halides is 3. The van der Waals surface area contributed by atoms with Crippen molar-refractivity contribution in [1.82, 2.24) is 4.90 Å². The molecule has 3 N–H and O–H groups in total. The van der Waals surface area contributed by atoms with Crippen molar-refractivity contribution >= 4 is 29.1 Å². The van der Waals surface area contributed by atoms with Crippen molar-refractivity contribution in [2.24, 2.45) is 0 Å². The number of carbonyl (C=O) groups is 3. The molecule has 0 unspecified atom stereocenters. The van der Waals surface area contributed by atoms with Gasteiger partial charge in [-0.2, -0.15) is 0 Å². The number of benzene rings is 2. The smallest absolute Gasteiger partial charge is 0.406 e. The largest absolute Gasteiger partial charge is 0.573 e. The number of aliphatic hydroxyl groups excluding tert-OH is 1. The van der Waals surface area contributed by atoms with Crippen LogP contribution in [0, 0.1) is 0 Å². The number of nitrogens with one attached hydrogen (secondary N) is 2. The first kappa shape index (κ1) is 21.8. The van der Waals surface area contributed by atoms with Gasteiger partial charge in [0.2, 0.25) is 0 Å². The Labute approximate surface area is 173 Å². The van der Waals surface area contributed by atoms with Crippen LogP contribution < -0.4 is 15.4 Å². The maximum absolute atomic E-state index is 12.7. The number of rotatable bonds is 7. The topological polar surface area (TPSA) is 108 Å². The maximum atomic E-state index is 12.7. The molecule has 0 spiro atoms. The van der Waals surface area contributed by atoms with Crippen molar-refractivity contribution < 1.29 is 37.4 Å². The fourth-order valence-electron chi connectivity index (χ4n) is 2.78. The fourth-order valence-corrected chi connectivity index (χ4v) is 2.78. The van der Waals surface area contributed by atoms with Gasteiger partial charge in [0.15, 0.2) is 0 Å². The SMILES string of the molecule is O=C(Nc1ccc(OC(F)(F)F)cc1)c1ccccc1NC1=CC(=O)N(CCO)C1=O. The molecular formula is C20H16F3N3O5. The van der Waals surface area contributed by atoms with Crippen molar-refractivity contribution in [3.05, 3.63) is 65.9 Å². The molecule has 3 rings (SSSR count). The van der Waals surface area contributed by atoms with Crippen LogP contribution in [-0.2, 0) is 9.59 Å². The Bertz CT molecular complexity index is 1040. The van der Waals surface area contributed by atoms with E-state index in [-0.39, 0.29) is 35.8 Å². The Morgan fingerprint density at radius 1 is 1.06 bits per heavy atom. The predicted octanol–water partition coefficient (Wildman–Crippen LogP) is 2.49. The fraction of sp³-hybridized carbons (Fsp3) is 0.150. The van der Waals surface area contributed by atoms with E-state index in [9.17, 15) is 27.6 Å². The first-order valence-electron chi connectivity index (χ1n) is 8.89. The second-order valence-corrected chi connectivity index (χ2v) is 6.27. The van der Waals surface area contributed by atoms with Gasteiger partial charge in [-0.05, 0) is 36.4 Å². The van der Waals surface area contributed by atoms with Gasteiger partial charge in [0.1, 0.15) is 11.4 Å². The van der Waals surface area contributed by atoms with Gasteiger partial charge in [0.05, 0.1) is 24.4 Å². The molecular weight excluding hydrogens is 419 g/mol. The zero-order valence-corrected chi connectivity index (χ0v) is 15.8. The molecule has 1 aliphatic heterocycles. The van der Waals surface area contributed by atoms with Crippen molar-refractivity contribution in [1.29, 1.82) is 0 Å². The molecule has 2 aromatic carbocycles. The van der Waals surface area contributed by atoms with Crippen LogP contribution in [0.1, 0.15) is 10.4 Å². The number of nitrogens with zero attached hydrogens (tertiary/aromatic N) is 1. The van der Waals surface area contributed by atoms with E-state index in [0.717, 1.165) is 23.1 Å². The highest BCUT2D eigenvalue weighted by Gasteiger charge is 2.32. The Kier molecular flexibility index (Phi) is 6.25. The molecule has 0 aliphatic carbocycles. The van der Waals surface area contributed by atoms with E-state index in [1.165, 1.54) is 24.3 Å². The number of halogens is 3. The van der Waals surface area contributed by atoms with E-state index in [0.29, 0.717) is 0 Å². The highest BCUT2D eigenvalue weighted by molar-refractivity contribution is 6.18. The van der Waals surface area contributed by atoms with Gasteiger partial charge in [0.25, 0.3) is 17.7 Å². The van der Waals surface area contributed by atoms with Gasteiger partial charge < -0.3 is 20.5 Å². The van der Waals surface area contributed by atoms with Gasteiger partial charge in [-0.25, -0.2) is 0 Å². The average Bonchev–Trinajstić information content (AvgIpc) is 2.96. The van der Waals surface area contributed by atoms with Crippen LogP contribution in [-0.4, -0.2) is 47.2 Å². The molecule has 0 saturated carbocycles. The Morgan fingerprint density at radius 3 is 2.39 bits per heavy atom. The number of para-hydroxylation sites is 1. The highest BCUT2D eigenvalue weighted by atomic mass is 19.4. The van der Waals surface area contributed by atoms with Gasteiger partial charge >= 0.3 is 6.36 Å². The summed E-state index contributed by atoms with van der Waals surface area (Å²) in [6.07, 6.45) is -3.76. The van der Waals surface area contributed by atoms with E-state index in [1.54, 1.807) is 12.1 Å². The number of amides is 3. The summed E-state index contributed by atoms with van der Waals surface area (Å²) in [7, 11) is 0. The molecule has 0 saturated heterocycles. The molecule has 1 heterocycles. The van der Waals surface area contributed by atoms with E-state index < -0.39 is 29.8 Å². The van der Waals surface area contributed by atoms with Crippen molar-refractivity contribution in [3.63, 3.8) is 0 Å². The third-order valence-electron chi connectivity index (χ3n) is 4.12. The maximum Gasteiger partial charge on any atom is 0.573 e. The molecule has 2 aromatic rings. The zero-order valence-electron chi connectivity index (χ0n) is 15.8. The summed E-state index contributed by atoms with van der Waals surface area (Å²) in [4.78, 5) is 37.7. The first-order valence-corrected chi connectivity index (χ1v) is 8.89. The molecule has 11 heteroatoms. The van der Waals surface area contributed by atoms with Crippen molar-refractivity contribution in [2.75, 3.05) is 23.8 Å². The Hall–Kier alpha value is -3.86. The van der Waals surface area contributed by atoms with Crippen LogP contribution in [0.25, 0.3) is 0 Å². The number of ether oxygens (including phenoxy) is 1. The molecule has 31 heavy (non-hydrogen) atoms. The number of β-amino-alcohol motifs (C(OH)–C–C–N with tert-alkyl or cyclic N) is 1. The third-order valence-corrected chi connectivity index (χ3v) is 4.12. The molecule has 0 atom stereocenters. The van der Waals surface area contributed by atoms with Crippen LogP contribution in [0.3, 0.4) is 0 Å². The lowest BCUT2D eigenvalue weighted by molar-refractivity contribution is -0.274. The van der Waals surface area contributed by atoms with Gasteiger partial charge in [-0.1, -0.05) is 12.1 Å². The molecule has 8 nitrogen and oxygen atoms in total. The standard InChI is InChI=1S/C20H16F3N3O5/c21-20(22,23)31-13-7-5-12(6-8-13)24-18(29)14-3-1-2-4-15(14)25-16-11-17(28)26(9-10-27)19(16)30/h1-8,11,25,27H,9-10H2,(H,24,29). The van der Waals surface area contributed by atoms with Crippen LogP contribution >= 0.6 is 0 Å². The zero-order chi connectivity index (χ0) is 22.6. The minimum atomic E-state index is -4.82. The normalized spacial score (nSPS) is 13.8. The van der Waals surface area contributed by atoms with Crippen LogP contribution in [0.5, 0.6) is 5.75 Å². The Balaban J connectivity index is 1.73. The lowest BCUT2D eigenvalue weighted by Gasteiger charge is -2.15. The molecule has 3 amide bonds. The molecule has 1 aliphatic rings. The number of aliphatic hydroxyl groups is 1. The summed E-state index contributed by atoms with van der Waals surface area (Å²) in [6.45, 7) is -0.542. The second kappa shape index (κ2) is 8.88. The third kappa shape index (κ3) is 5.39. The van der Waals surface area contributed by atoms with E-state index in [1.807, 2.05) is 0 Å². The van der Waals surface area contributed by atoms with E-state index in [2.05, 4.69) is 15.4 Å². The van der Waals surface area contributed by atoms with Crippen LogP contribution in [0.15, 0.2) is 60.3 Å². The lowest BCUT2D eigenvalue weighted by Crippen LogP contribution is -2.34. The summed E-state index contributed by atoms with van der Waals surface area (Å²) in [5.41, 5.74) is 0.511. The number of imide groups is 1. The lowest BCUT2D eigenvalue weighted by atomic mass is 10.1. The predicted molar refractivity (Wildman–Crippen MR) is 103 cm³/mol. The molecule has 0 bridgehead atoms. The quantitative estimate of drug-likeness (QED) is 0.577. The summed E-state index contributed by atoms with van der Waals surface area (Å²) in [5, 5.41) is 14.2. The highest BCUT2D eigenvalue weighted by Crippen LogP contribution is 2.25. The summed E-state index contributed by atoms with van der Waals surface area (Å²) in [5.74, 6) is -2.27. The second-order valence-electron chi connectivity index (χ2n) is 6.27. The van der Waals surface area contributed by atoms with Crippen molar-refractivity contribution in [2.45, 2.75) is 6.36 Å². The number of hydrogen-bond donors (Lipinski definition) is 3. The number of carbonyl (C=O) groups excluding carboxylic acids is 3. The molecule has 0 fully saturated rings. The monoisotopic (exact) mass is 435 g/mol. The van der Waals surface area contributed by atoms with Gasteiger partial charge in [-0.15, -0.1) is 13.2 Å². The molecule has 162 valence electrons. The van der Waals surface area contributed by atoms with Gasteiger partial charge in [0, 0.05) is 11.8 Å². The van der Waals surface area contributed by atoms with Crippen LogP contribution in [0.2, 0.25) is 0 Å². The summed E-state index contributed by atoms with van der Waals surface area (Å²) in [6, 6.07) is 10.7. The molecule has 0 radical (unpaired) electrons. The minimum Gasteiger partial charge on any atom is -0.406 e. The van der Waals surface area contributed by atoms with Crippen LogP contribution in [0.4, 0.5) is 24.5 Å². The van der Waals surface area contributed by atoms with E-state index in [4.69, 9.17) is 5.11 Å². The number of hydrogen-bond acceptors (Lipinski definition) is 6. The summed E-state index contributed by atoms with van der Waals surface area (Å²) >= 11 is 0. The summed E-state index contributed by atoms with van der Waals surface area (Å²) < 4.78 is 40.5. The number of anilines is 2. The van der Waals surface area contributed by atoms with Gasteiger partial charge in [-0.3, -0.25) is 19.3 Å². The average molecular weight is 435 g/mol. The molecule has 0 aromatic heterocycles. The minimum absolute atomic E-state index is 0.0626. The van der Waals surface area contributed by atoms with E-state index >= 15 is 0 Å². The van der Waals surface area contributed by atoms with Crippen molar-refractivity contribution in [3.8, 4) is 5.75 Å².